The van der Waals surface area contributed by atoms with E-state index in [0.29, 0.717) is 11.3 Å². The van der Waals surface area contributed by atoms with Gasteiger partial charge in [-0.2, -0.15) is 0 Å². The largest absolute Gasteiger partial charge is 0.505 e. The number of nitrogens with zero attached hydrogens (tertiary/aromatic N) is 1. The molecule has 0 aromatic heterocycles. The number of anilines is 3. The van der Waals surface area contributed by atoms with E-state index >= 15 is 0 Å². The van der Waals surface area contributed by atoms with Crippen molar-refractivity contribution in [2.24, 2.45) is 0 Å². The van der Waals surface area contributed by atoms with Crippen molar-refractivity contribution in [1.29, 1.82) is 0 Å². The van der Waals surface area contributed by atoms with Crippen molar-refractivity contribution in [2.75, 3.05) is 24.3 Å². The third-order valence-corrected chi connectivity index (χ3v) is 2.95. The third kappa shape index (κ3) is 2.98. The van der Waals surface area contributed by atoms with E-state index in [1.54, 1.807) is 18.2 Å². The summed E-state index contributed by atoms with van der Waals surface area (Å²) in [6.45, 7) is -0.180. The molecule has 19 heavy (non-hydrogen) atoms. The van der Waals surface area contributed by atoms with E-state index in [0.717, 1.165) is 11.4 Å². The molecule has 0 aliphatic carbocycles. The molecule has 4 heteroatoms. The summed E-state index contributed by atoms with van der Waals surface area (Å²) < 4.78 is 0. The lowest BCUT2D eigenvalue weighted by Crippen LogP contribution is -2.08. The number of para-hydroxylation sites is 1. The van der Waals surface area contributed by atoms with Gasteiger partial charge in [0, 0.05) is 31.0 Å². The topological polar surface area (TPSA) is 55.7 Å². The first-order valence-electron chi connectivity index (χ1n) is 6.08. The maximum atomic E-state index is 9.96. The fourth-order valence-corrected chi connectivity index (χ4v) is 1.82. The molecule has 0 spiro atoms. The van der Waals surface area contributed by atoms with Gasteiger partial charge in [-0.15, -0.1) is 0 Å². The lowest BCUT2D eigenvalue weighted by molar-refractivity contribution is 0.276. The van der Waals surface area contributed by atoms with Crippen molar-refractivity contribution in [3.8, 4) is 5.75 Å². The molecule has 2 aromatic rings. The number of hydrogen-bond acceptors (Lipinski definition) is 4. The average Bonchev–Trinajstić information content (AvgIpc) is 2.42. The second-order valence-corrected chi connectivity index (χ2v) is 4.54. The molecular weight excluding hydrogens is 240 g/mol. The van der Waals surface area contributed by atoms with Gasteiger partial charge in [-0.25, -0.2) is 0 Å². The van der Waals surface area contributed by atoms with Crippen LogP contribution in [0.3, 0.4) is 0 Å². The molecule has 2 aromatic carbocycles. The Labute approximate surface area is 112 Å². The molecular formula is C15H18N2O2. The maximum absolute atomic E-state index is 9.96. The van der Waals surface area contributed by atoms with Crippen molar-refractivity contribution in [2.45, 2.75) is 6.61 Å². The molecule has 0 radical (unpaired) electrons. The molecule has 0 saturated carbocycles. The number of phenols is 1. The molecule has 0 aliphatic heterocycles. The summed E-state index contributed by atoms with van der Waals surface area (Å²) in [5.41, 5.74) is 3.09. The first kappa shape index (κ1) is 13.2. The summed E-state index contributed by atoms with van der Waals surface area (Å²) in [7, 11) is 3.97. The number of rotatable bonds is 4. The highest BCUT2D eigenvalue weighted by Crippen LogP contribution is 2.30. The summed E-state index contributed by atoms with van der Waals surface area (Å²) >= 11 is 0. The number of hydrogen-bond donors (Lipinski definition) is 3. The highest BCUT2D eigenvalue weighted by molar-refractivity contribution is 5.68. The van der Waals surface area contributed by atoms with E-state index in [9.17, 15) is 5.11 Å². The zero-order valence-corrected chi connectivity index (χ0v) is 11.1. The van der Waals surface area contributed by atoms with E-state index in [-0.39, 0.29) is 12.4 Å². The lowest BCUT2D eigenvalue weighted by Gasteiger charge is -2.14. The molecule has 100 valence electrons. The molecule has 0 fully saturated rings. The van der Waals surface area contributed by atoms with Crippen LogP contribution < -0.4 is 10.2 Å². The Morgan fingerprint density at radius 2 is 1.74 bits per heavy atom. The summed E-state index contributed by atoms with van der Waals surface area (Å²) in [6.07, 6.45) is 0. The Balaban J connectivity index is 2.21. The van der Waals surface area contributed by atoms with Gasteiger partial charge in [0.25, 0.3) is 0 Å². The van der Waals surface area contributed by atoms with Crippen LogP contribution in [0.5, 0.6) is 5.75 Å². The van der Waals surface area contributed by atoms with Crippen LogP contribution in [0.25, 0.3) is 0 Å². The molecule has 4 nitrogen and oxygen atoms in total. The third-order valence-electron chi connectivity index (χ3n) is 2.95. The molecule has 0 amide bonds. The summed E-state index contributed by atoms with van der Waals surface area (Å²) in [5, 5.41) is 22.2. The minimum Gasteiger partial charge on any atom is -0.505 e. The van der Waals surface area contributed by atoms with Crippen LogP contribution in [0, 0.1) is 0 Å². The highest BCUT2D eigenvalue weighted by atomic mass is 16.3. The molecule has 0 aliphatic rings. The zero-order valence-electron chi connectivity index (χ0n) is 11.1. The van der Waals surface area contributed by atoms with Gasteiger partial charge in [0.1, 0.15) is 5.75 Å². The minimum atomic E-state index is -0.180. The molecule has 2 rings (SSSR count). The summed E-state index contributed by atoms with van der Waals surface area (Å²) in [4.78, 5) is 2.02. The van der Waals surface area contributed by atoms with Gasteiger partial charge in [0.05, 0.1) is 12.3 Å². The van der Waals surface area contributed by atoms with Crippen molar-refractivity contribution in [3.05, 3.63) is 48.0 Å². The number of aliphatic hydroxyl groups is 1. The number of aromatic hydroxyl groups is 1. The standard InChI is InChI=1S/C15H18N2O2/c1-17(2)13-8-6-12(7-9-13)16-14-5-3-4-11(10-18)15(14)19/h3-9,16,18-19H,10H2,1-2H3. The second-order valence-electron chi connectivity index (χ2n) is 4.54. The van der Waals surface area contributed by atoms with Crippen molar-refractivity contribution >= 4 is 17.1 Å². The maximum Gasteiger partial charge on any atom is 0.144 e. The van der Waals surface area contributed by atoms with E-state index in [2.05, 4.69) is 5.32 Å². The fourth-order valence-electron chi connectivity index (χ4n) is 1.82. The second kappa shape index (κ2) is 5.63. The van der Waals surface area contributed by atoms with Crippen LogP contribution in [0.15, 0.2) is 42.5 Å². The zero-order chi connectivity index (χ0) is 13.8. The number of aliphatic hydroxyl groups excluding tert-OH is 1. The smallest absolute Gasteiger partial charge is 0.144 e. The molecule has 0 bridgehead atoms. The van der Waals surface area contributed by atoms with Gasteiger partial charge < -0.3 is 20.4 Å². The Hall–Kier alpha value is -2.20. The molecule has 3 N–H and O–H groups in total. The quantitative estimate of drug-likeness (QED) is 0.738. The molecule has 0 heterocycles. The molecule has 0 unspecified atom stereocenters. The Kier molecular flexibility index (Phi) is 3.92. The van der Waals surface area contributed by atoms with Crippen LogP contribution in [-0.2, 0) is 6.61 Å². The highest BCUT2D eigenvalue weighted by Gasteiger charge is 2.06. The van der Waals surface area contributed by atoms with Crippen LogP contribution in [0.1, 0.15) is 5.56 Å². The van der Waals surface area contributed by atoms with Crippen LogP contribution in [0.2, 0.25) is 0 Å². The Morgan fingerprint density at radius 1 is 1.05 bits per heavy atom. The SMILES string of the molecule is CN(C)c1ccc(Nc2cccc(CO)c2O)cc1. The summed E-state index contributed by atoms with van der Waals surface area (Å²) in [6, 6.07) is 13.1. The van der Waals surface area contributed by atoms with Crippen LogP contribution >= 0.6 is 0 Å². The molecule has 0 atom stereocenters. The monoisotopic (exact) mass is 258 g/mol. The molecule has 0 saturated heterocycles. The fraction of sp³-hybridized carbons (Fsp3) is 0.200. The van der Waals surface area contributed by atoms with Crippen LogP contribution in [-0.4, -0.2) is 24.3 Å². The van der Waals surface area contributed by atoms with Gasteiger partial charge >= 0.3 is 0 Å². The van der Waals surface area contributed by atoms with Crippen molar-refractivity contribution in [1.82, 2.24) is 0 Å². The number of nitrogens with one attached hydrogen (secondary N) is 1. The van der Waals surface area contributed by atoms with Gasteiger partial charge in [-0.05, 0) is 30.3 Å². The van der Waals surface area contributed by atoms with Gasteiger partial charge in [-0.3, -0.25) is 0 Å². The summed E-state index contributed by atoms with van der Waals surface area (Å²) in [5.74, 6) is 0.0849. The predicted molar refractivity (Wildman–Crippen MR) is 78.1 cm³/mol. The lowest BCUT2D eigenvalue weighted by atomic mass is 10.1. The van der Waals surface area contributed by atoms with Gasteiger partial charge in [0.2, 0.25) is 0 Å². The Bertz CT molecular complexity index is 551. The normalized spacial score (nSPS) is 10.3. The Morgan fingerprint density at radius 3 is 2.32 bits per heavy atom. The predicted octanol–water partition coefficient (Wildman–Crippen LogP) is 2.69. The average molecular weight is 258 g/mol. The van der Waals surface area contributed by atoms with E-state index < -0.39 is 0 Å². The van der Waals surface area contributed by atoms with E-state index in [1.807, 2.05) is 43.3 Å². The minimum absolute atomic E-state index is 0.0849. The van der Waals surface area contributed by atoms with Crippen molar-refractivity contribution < 1.29 is 10.2 Å². The van der Waals surface area contributed by atoms with Gasteiger partial charge in [-0.1, -0.05) is 12.1 Å². The first-order valence-corrected chi connectivity index (χ1v) is 6.08. The number of benzene rings is 2. The van der Waals surface area contributed by atoms with Crippen molar-refractivity contribution in [3.63, 3.8) is 0 Å². The van der Waals surface area contributed by atoms with E-state index in [4.69, 9.17) is 5.11 Å². The first-order chi connectivity index (χ1) is 9.11. The van der Waals surface area contributed by atoms with Gasteiger partial charge in [0.15, 0.2) is 0 Å². The van der Waals surface area contributed by atoms with E-state index in [1.165, 1.54) is 0 Å². The van der Waals surface area contributed by atoms with Crippen LogP contribution in [0.4, 0.5) is 17.1 Å².